The first kappa shape index (κ1) is 19.9. The highest BCUT2D eigenvalue weighted by Crippen LogP contribution is 2.17. The van der Waals surface area contributed by atoms with E-state index in [9.17, 15) is 9.59 Å². The third-order valence-corrected chi connectivity index (χ3v) is 4.31. The Balaban J connectivity index is 1.77. The highest BCUT2D eigenvalue weighted by Gasteiger charge is 2.10. The molecule has 2 rings (SSSR count). The molecule has 0 heterocycles. The summed E-state index contributed by atoms with van der Waals surface area (Å²) in [6.07, 6.45) is 0. The van der Waals surface area contributed by atoms with Gasteiger partial charge in [0.2, 0.25) is 11.8 Å². The quantitative estimate of drug-likeness (QED) is 0.783. The summed E-state index contributed by atoms with van der Waals surface area (Å²) >= 11 is 5.96. The molecule has 26 heavy (non-hydrogen) atoms. The minimum absolute atomic E-state index is 0.0583. The van der Waals surface area contributed by atoms with Crippen molar-refractivity contribution < 1.29 is 9.59 Å². The lowest BCUT2D eigenvalue weighted by atomic mass is 10.1. The average molecular weight is 374 g/mol. The first-order chi connectivity index (χ1) is 12.3. The third-order valence-electron chi connectivity index (χ3n) is 4.08. The molecule has 0 unspecified atom stereocenters. The fraction of sp³-hybridized carbons (Fsp3) is 0.300. The number of hydrogen-bond donors (Lipinski definition) is 2. The molecule has 2 N–H and O–H groups in total. The number of nitrogens with zero attached hydrogens (tertiary/aromatic N) is 1. The molecule has 2 aromatic rings. The Morgan fingerprint density at radius 1 is 1.08 bits per heavy atom. The highest BCUT2D eigenvalue weighted by atomic mass is 35.5. The van der Waals surface area contributed by atoms with Gasteiger partial charge < -0.3 is 10.6 Å². The van der Waals surface area contributed by atoms with E-state index in [1.165, 1.54) is 0 Å². The fourth-order valence-electron chi connectivity index (χ4n) is 2.56. The Morgan fingerprint density at radius 2 is 1.81 bits per heavy atom. The number of likely N-dealkylation sites (N-methyl/N-ethyl adjacent to an activating group) is 1. The van der Waals surface area contributed by atoms with Gasteiger partial charge in [0.25, 0.3) is 0 Å². The number of hydrogen-bond acceptors (Lipinski definition) is 3. The van der Waals surface area contributed by atoms with Crippen LogP contribution < -0.4 is 10.6 Å². The zero-order valence-electron chi connectivity index (χ0n) is 15.3. The molecule has 0 bridgehead atoms. The predicted molar refractivity (Wildman–Crippen MR) is 105 cm³/mol. The van der Waals surface area contributed by atoms with E-state index in [1.807, 2.05) is 68.3 Å². The molecule has 0 aliphatic heterocycles. The molecule has 0 aliphatic rings. The molecule has 2 amide bonds. The van der Waals surface area contributed by atoms with Crippen molar-refractivity contribution >= 4 is 29.1 Å². The average Bonchev–Trinajstić information content (AvgIpc) is 2.57. The third kappa shape index (κ3) is 6.17. The summed E-state index contributed by atoms with van der Waals surface area (Å²) in [5, 5.41) is 6.14. The van der Waals surface area contributed by atoms with E-state index in [-0.39, 0.29) is 24.9 Å². The van der Waals surface area contributed by atoms with E-state index in [4.69, 9.17) is 11.6 Å². The van der Waals surface area contributed by atoms with Gasteiger partial charge in [0.15, 0.2) is 0 Å². The second-order valence-electron chi connectivity index (χ2n) is 6.37. The van der Waals surface area contributed by atoms with Crippen molar-refractivity contribution in [1.29, 1.82) is 0 Å². The molecule has 6 heteroatoms. The van der Waals surface area contributed by atoms with E-state index in [0.29, 0.717) is 11.6 Å². The highest BCUT2D eigenvalue weighted by molar-refractivity contribution is 6.30. The fourth-order valence-corrected chi connectivity index (χ4v) is 2.78. The van der Waals surface area contributed by atoms with Crippen molar-refractivity contribution in [3.8, 4) is 0 Å². The first-order valence-corrected chi connectivity index (χ1v) is 8.78. The topological polar surface area (TPSA) is 61.4 Å². The molecule has 138 valence electrons. The number of nitrogens with one attached hydrogen (secondary N) is 2. The molecule has 0 aliphatic carbocycles. The molecule has 0 saturated heterocycles. The summed E-state index contributed by atoms with van der Waals surface area (Å²) in [6.45, 7) is 4.68. The second kappa shape index (κ2) is 9.36. The van der Waals surface area contributed by atoms with Crippen molar-refractivity contribution in [1.82, 2.24) is 10.2 Å². The van der Waals surface area contributed by atoms with Crippen LogP contribution in [0.15, 0.2) is 42.5 Å². The van der Waals surface area contributed by atoms with Crippen LogP contribution in [0.1, 0.15) is 16.7 Å². The molecule has 2 aromatic carbocycles. The number of halogens is 1. The zero-order valence-corrected chi connectivity index (χ0v) is 16.1. The van der Waals surface area contributed by atoms with Crippen LogP contribution >= 0.6 is 11.6 Å². The molecule has 0 spiro atoms. The number of amides is 2. The van der Waals surface area contributed by atoms with Crippen molar-refractivity contribution in [2.45, 2.75) is 20.4 Å². The molecule has 0 atom stereocenters. The predicted octanol–water partition coefficient (Wildman–Crippen LogP) is 3.14. The smallest absolute Gasteiger partial charge is 0.243 e. The van der Waals surface area contributed by atoms with Crippen LogP contribution in [0.25, 0.3) is 0 Å². The standard InChI is InChI=1S/C20H24ClN3O2/c1-14-6-4-9-18(15(14)2)23-19(25)11-22-20(26)13-24(3)12-16-7-5-8-17(21)10-16/h4-10H,11-13H2,1-3H3,(H,22,26)(H,23,25). The molecule has 0 aromatic heterocycles. The van der Waals surface area contributed by atoms with E-state index >= 15 is 0 Å². The van der Waals surface area contributed by atoms with Gasteiger partial charge in [0.05, 0.1) is 13.1 Å². The Morgan fingerprint density at radius 3 is 2.54 bits per heavy atom. The molecule has 0 radical (unpaired) electrons. The van der Waals surface area contributed by atoms with Crippen LogP contribution in [0, 0.1) is 13.8 Å². The summed E-state index contributed by atoms with van der Waals surface area (Å²) in [7, 11) is 1.84. The lowest BCUT2D eigenvalue weighted by molar-refractivity contribution is -0.124. The van der Waals surface area contributed by atoms with Crippen LogP contribution in [0.3, 0.4) is 0 Å². The Labute approximate surface area is 159 Å². The summed E-state index contributed by atoms with van der Waals surface area (Å²) in [4.78, 5) is 25.9. The van der Waals surface area contributed by atoms with Crippen LogP contribution in [-0.2, 0) is 16.1 Å². The van der Waals surface area contributed by atoms with Gasteiger partial charge >= 0.3 is 0 Å². The van der Waals surface area contributed by atoms with Crippen LogP contribution in [0.4, 0.5) is 5.69 Å². The normalized spacial score (nSPS) is 10.7. The van der Waals surface area contributed by atoms with Crippen LogP contribution in [0.2, 0.25) is 5.02 Å². The number of rotatable bonds is 7. The van der Waals surface area contributed by atoms with Crippen molar-refractivity contribution in [2.24, 2.45) is 0 Å². The van der Waals surface area contributed by atoms with Crippen LogP contribution in [0.5, 0.6) is 0 Å². The van der Waals surface area contributed by atoms with Gasteiger partial charge in [0, 0.05) is 17.3 Å². The van der Waals surface area contributed by atoms with E-state index in [0.717, 1.165) is 22.4 Å². The first-order valence-electron chi connectivity index (χ1n) is 8.41. The Bertz CT molecular complexity index is 792. The minimum Gasteiger partial charge on any atom is -0.346 e. The minimum atomic E-state index is -0.246. The van der Waals surface area contributed by atoms with Gasteiger partial charge in [-0.2, -0.15) is 0 Å². The summed E-state index contributed by atoms with van der Waals surface area (Å²) in [5.74, 6) is -0.449. The summed E-state index contributed by atoms with van der Waals surface area (Å²) < 4.78 is 0. The van der Waals surface area contributed by atoms with E-state index in [1.54, 1.807) is 0 Å². The van der Waals surface area contributed by atoms with Crippen molar-refractivity contribution in [2.75, 3.05) is 25.5 Å². The van der Waals surface area contributed by atoms with Gasteiger partial charge in [-0.1, -0.05) is 35.9 Å². The maximum atomic E-state index is 12.0. The molecule has 0 saturated carbocycles. The number of carbonyl (C=O) groups is 2. The molecular weight excluding hydrogens is 350 g/mol. The SMILES string of the molecule is Cc1cccc(NC(=O)CNC(=O)CN(C)Cc2cccc(Cl)c2)c1C. The monoisotopic (exact) mass is 373 g/mol. The lowest BCUT2D eigenvalue weighted by Crippen LogP contribution is -2.39. The summed E-state index contributed by atoms with van der Waals surface area (Å²) in [5.41, 5.74) is 3.92. The Hall–Kier alpha value is -2.37. The largest absolute Gasteiger partial charge is 0.346 e. The van der Waals surface area contributed by atoms with Crippen molar-refractivity contribution in [3.63, 3.8) is 0 Å². The lowest BCUT2D eigenvalue weighted by Gasteiger charge is -2.16. The summed E-state index contributed by atoms with van der Waals surface area (Å²) in [6, 6.07) is 13.2. The van der Waals surface area contributed by atoms with Gasteiger partial charge in [-0.3, -0.25) is 14.5 Å². The van der Waals surface area contributed by atoms with Gasteiger partial charge in [-0.25, -0.2) is 0 Å². The molecule has 0 fully saturated rings. The van der Waals surface area contributed by atoms with Gasteiger partial charge in [-0.05, 0) is 55.8 Å². The molecule has 5 nitrogen and oxygen atoms in total. The number of benzene rings is 2. The van der Waals surface area contributed by atoms with Gasteiger partial charge in [-0.15, -0.1) is 0 Å². The molecular formula is C20H24ClN3O2. The second-order valence-corrected chi connectivity index (χ2v) is 6.81. The maximum absolute atomic E-state index is 12.0. The number of aryl methyl sites for hydroxylation is 1. The van der Waals surface area contributed by atoms with E-state index < -0.39 is 0 Å². The zero-order chi connectivity index (χ0) is 19.1. The number of carbonyl (C=O) groups excluding carboxylic acids is 2. The van der Waals surface area contributed by atoms with E-state index in [2.05, 4.69) is 10.6 Å². The maximum Gasteiger partial charge on any atom is 0.243 e. The van der Waals surface area contributed by atoms with Gasteiger partial charge in [0.1, 0.15) is 0 Å². The van der Waals surface area contributed by atoms with Crippen molar-refractivity contribution in [3.05, 3.63) is 64.2 Å². The Kier molecular flexibility index (Phi) is 7.18. The number of anilines is 1. The van der Waals surface area contributed by atoms with Crippen LogP contribution in [-0.4, -0.2) is 36.9 Å².